The van der Waals surface area contributed by atoms with E-state index in [-0.39, 0.29) is 5.91 Å². The fourth-order valence-electron chi connectivity index (χ4n) is 4.00. The van der Waals surface area contributed by atoms with Crippen LogP contribution in [0.4, 0.5) is 0 Å². The number of ether oxygens (including phenoxy) is 2. The Morgan fingerprint density at radius 3 is 2.50 bits per heavy atom. The molecule has 0 bridgehead atoms. The highest BCUT2D eigenvalue weighted by Crippen LogP contribution is 2.35. The number of carbonyl (C=O) groups excluding carboxylic acids is 1. The molecule has 3 rings (SSSR count). The van der Waals surface area contributed by atoms with Gasteiger partial charge in [-0.3, -0.25) is 4.79 Å². The molecule has 0 atom stereocenters. The Bertz CT molecular complexity index is 1010. The van der Waals surface area contributed by atoms with Crippen LogP contribution < -0.4 is 15.2 Å². The van der Waals surface area contributed by atoms with Crippen LogP contribution in [0.1, 0.15) is 47.1 Å². The summed E-state index contributed by atoms with van der Waals surface area (Å²) in [7, 11) is 3.28. The summed E-state index contributed by atoms with van der Waals surface area (Å²) in [5, 5.41) is 4.13. The summed E-state index contributed by atoms with van der Waals surface area (Å²) in [5.74, 6) is 1.08. The number of carbonyl (C=O) groups is 1. The summed E-state index contributed by atoms with van der Waals surface area (Å²) in [4.78, 5) is 12.4. The largest absolute Gasteiger partial charge is 0.493 e. The van der Waals surface area contributed by atoms with Crippen LogP contribution in [0.2, 0.25) is 0 Å². The Morgan fingerprint density at radius 1 is 1.13 bits per heavy atom. The van der Waals surface area contributed by atoms with Gasteiger partial charge in [-0.25, -0.2) is 0 Å². The van der Waals surface area contributed by atoms with Crippen LogP contribution in [-0.4, -0.2) is 24.7 Å². The molecule has 1 aromatic carbocycles. The zero-order chi connectivity index (χ0) is 21.7. The van der Waals surface area contributed by atoms with Crippen molar-refractivity contribution in [3.05, 3.63) is 57.5 Å². The van der Waals surface area contributed by atoms with Crippen LogP contribution in [0.5, 0.6) is 11.5 Å². The predicted octanol–water partition coefficient (Wildman–Crippen LogP) is 5.23. The van der Waals surface area contributed by atoms with Crippen molar-refractivity contribution < 1.29 is 14.3 Å². The lowest BCUT2D eigenvalue weighted by Gasteiger charge is -2.14. The van der Waals surface area contributed by atoms with Crippen molar-refractivity contribution in [3.63, 3.8) is 0 Å². The molecule has 2 N–H and O–H groups in total. The third kappa shape index (κ3) is 4.38. The highest BCUT2D eigenvalue weighted by molar-refractivity contribution is 7.08. The summed E-state index contributed by atoms with van der Waals surface area (Å²) in [6, 6.07) is 8.07. The molecule has 2 aromatic heterocycles. The molecule has 2 heterocycles. The van der Waals surface area contributed by atoms with Crippen LogP contribution in [0.25, 0.3) is 11.1 Å². The normalized spacial score (nSPS) is 10.9. The zero-order valence-electron chi connectivity index (χ0n) is 18.2. The van der Waals surface area contributed by atoms with Crippen molar-refractivity contribution in [1.82, 2.24) is 4.57 Å². The fourth-order valence-corrected chi connectivity index (χ4v) is 4.65. The Balaban J connectivity index is 2.01. The van der Waals surface area contributed by atoms with E-state index in [1.165, 1.54) is 5.69 Å². The molecule has 0 unspecified atom stereocenters. The lowest BCUT2D eigenvalue weighted by Crippen LogP contribution is -2.13. The predicted molar refractivity (Wildman–Crippen MR) is 123 cm³/mol. The van der Waals surface area contributed by atoms with E-state index >= 15 is 0 Å². The maximum Gasteiger partial charge on any atom is 0.251 e. The van der Waals surface area contributed by atoms with E-state index in [1.807, 2.05) is 24.4 Å². The number of hydrogen-bond acceptors (Lipinski definition) is 4. The molecule has 0 spiro atoms. The molecule has 160 valence electrons. The number of rotatable bonds is 10. The first-order valence-corrected chi connectivity index (χ1v) is 11.2. The molecule has 0 aliphatic heterocycles. The summed E-state index contributed by atoms with van der Waals surface area (Å²) in [5.41, 5.74) is 11.8. The van der Waals surface area contributed by atoms with Gasteiger partial charge in [0, 0.05) is 23.5 Å². The van der Waals surface area contributed by atoms with Crippen LogP contribution in [0.3, 0.4) is 0 Å². The number of aromatic nitrogens is 1. The number of nitrogens with zero attached hydrogens (tertiary/aromatic N) is 1. The van der Waals surface area contributed by atoms with Crippen molar-refractivity contribution in [1.29, 1.82) is 0 Å². The van der Waals surface area contributed by atoms with Crippen molar-refractivity contribution in [3.8, 4) is 22.6 Å². The molecule has 0 saturated carbocycles. The van der Waals surface area contributed by atoms with Gasteiger partial charge in [-0.1, -0.05) is 19.4 Å². The minimum atomic E-state index is -0.365. The number of aryl methyl sites for hydroxylation is 1. The molecular weight excluding hydrogens is 396 g/mol. The van der Waals surface area contributed by atoms with Crippen molar-refractivity contribution in [2.24, 2.45) is 5.73 Å². The highest BCUT2D eigenvalue weighted by atomic mass is 32.1. The first kappa shape index (κ1) is 22.0. The summed E-state index contributed by atoms with van der Waals surface area (Å²) < 4.78 is 13.1. The second kappa shape index (κ2) is 9.85. The Labute approximate surface area is 182 Å². The average molecular weight is 427 g/mol. The number of benzene rings is 1. The summed E-state index contributed by atoms with van der Waals surface area (Å²) in [6.07, 6.45) is 3.89. The van der Waals surface area contributed by atoms with E-state index in [1.54, 1.807) is 25.6 Å². The number of thiophene rings is 1. The van der Waals surface area contributed by atoms with Gasteiger partial charge >= 0.3 is 0 Å². The van der Waals surface area contributed by atoms with Crippen LogP contribution in [0, 0.1) is 6.92 Å². The highest BCUT2D eigenvalue weighted by Gasteiger charge is 2.24. The molecule has 3 aromatic rings. The van der Waals surface area contributed by atoms with Gasteiger partial charge in [-0.05, 0) is 66.3 Å². The lowest BCUT2D eigenvalue weighted by atomic mass is 10.00. The van der Waals surface area contributed by atoms with Crippen molar-refractivity contribution in [2.75, 3.05) is 14.2 Å². The molecule has 0 aliphatic carbocycles. The third-order valence-electron chi connectivity index (χ3n) is 5.53. The van der Waals surface area contributed by atoms with E-state index in [0.29, 0.717) is 5.56 Å². The molecular formula is C24H30N2O3S. The van der Waals surface area contributed by atoms with E-state index in [2.05, 4.69) is 29.0 Å². The SMILES string of the molecule is CCCCc1c(-c2ccsc2)c(C(N)=O)c(C)n1CCc1ccc(OC)c(OC)c1. The molecule has 0 aliphatic rings. The topological polar surface area (TPSA) is 66.5 Å². The van der Waals surface area contributed by atoms with E-state index < -0.39 is 0 Å². The van der Waals surface area contributed by atoms with E-state index in [0.717, 1.165) is 66.1 Å². The number of amides is 1. The monoisotopic (exact) mass is 426 g/mol. The van der Waals surface area contributed by atoms with Gasteiger partial charge in [-0.2, -0.15) is 11.3 Å². The second-order valence-corrected chi connectivity index (χ2v) is 8.13. The molecule has 0 radical (unpaired) electrons. The van der Waals surface area contributed by atoms with Gasteiger partial charge in [0.15, 0.2) is 11.5 Å². The number of primary amides is 1. The minimum Gasteiger partial charge on any atom is -0.493 e. The van der Waals surface area contributed by atoms with Gasteiger partial charge in [0.2, 0.25) is 0 Å². The lowest BCUT2D eigenvalue weighted by molar-refractivity contribution is 0.1000. The smallest absolute Gasteiger partial charge is 0.251 e. The Hall–Kier alpha value is -2.73. The maximum absolute atomic E-state index is 12.4. The molecule has 0 fully saturated rings. The first-order chi connectivity index (χ1) is 14.5. The number of nitrogens with two attached hydrogens (primary N) is 1. The molecule has 30 heavy (non-hydrogen) atoms. The third-order valence-corrected chi connectivity index (χ3v) is 6.21. The molecule has 0 saturated heterocycles. The maximum atomic E-state index is 12.4. The average Bonchev–Trinajstić information content (AvgIpc) is 3.36. The molecule has 1 amide bonds. The second-order valence-electron chi connectivity index (χ2n) is 7.35. The van der Waals surface area contributed by atoms with Gasteiger partial charge in [0.1, 0.15) is 0 Å². The van der Waals surface area contributed by atoms with Crippen molar-refractivity contribution in [2.45, 2.75) is 46.1 Å². The van der Waals surface area contributed by atoms with Crippen LogP contribution in [0.15, 0.2) is 35.0 Å². The molecule has 5 nitrogen and oxygen atoms in total. The van der Waals surface area contributed by atoms with E-state index in [9.17, 15) is 4.79 Å². The van der Waals surface area contributed by atoms with Gasteiger partial charge in [0.05, 0.1) is 19.8 Å². The number of unbranched alkanes of at least 4 members (excludes halogenated alkanes) is 1. The molecule has 6 heteroatoms. The first-order valence-electron chi connectivity index (χ1n) is 10.3. The minimum absolute atomic E-state index is 0.365. The Kier molecular flexibility index (Phi) is 7.21. The van der Waals surface area contributed by atoms with Crippen molar-refractivity contribution >= 4 is 17.2 Å². The quantitative estimate of drug-likeness (QED) is 0.483. The summed E-state index contributed by atoms with van der Waals surface area (Å²) in [6.45, 7) is 4.95. The van der Waals surface area contributed by atoms with Gasteiger partial charge in [-0.15, -0.1) is 0 Å². The van der Waals surface area contributed by atoms with E-state index in [4.69, 9.17) is 15.2 Å². The Morgan fingerprint density at radius 2 is 1.90 bits per heavy atom. The number of hydrogen-bond donors (Lipinski definition) is 1. The van der Waals surface area contributed by atoms with Gasteiger partial charge < -0.3 is 19.8 Å². The standard InChI is InChI=1S/C24H30N2O3S/c1-5-6-7-19-23(18-11-13-30-15-18)22(24(25)27)16(2)26(19)12-10-17-8-9-20(28-3)21(14-17)29-4/h8-9,11,13-15H,5-7,10,12H2,1-4H3,(H2,25,27). The number of methoxy groups -OCH3 is 2. The fraction of sp³-hybridized carbons (Fsp3) is 0.375. The van der Waals surface area contributed by atoms with Crippen LogP contribution in [-0.2, 0) is 19.4 Å². The van der Waals surface area contributed by atoms with Crippen LogP contribution >= 0.6 is 11.3 Å². The zero-order valence-corrected chi connectivity index (χ0v) is 19.0. The summed E-state index contributed by atoms with van der Waals surface area (Å²) >= 11 is 1.63. The van der Waals surface area contributed by atoms with Gasteiger partial charge in [0.25, 0.3) is 5.91 Å².